The molecule has 4 heteroatoms. The predicted molar refractivity (Wildman–Crippen MR) is 83.2 cm³/mol. The van der Waals surface area contributed by atoms with Gasteiger partial charge in [-0.2, -0.15) is 0 Å². The van der Waals surface area contributed by atoms with Gasteiger partial charge in [0.1, 0.15) is 6.04 Å². The maximum absolute atomic E-state index is 12.0. The summed E-state index contributed by atoms with van der Waals surface area (Å²) in [6.07, 6.45) is 0. The molecule has 0 saturated carbocycles. The third kappa shape index (κ3) is 4.18. The van der Waals surface area contributed by atoms with Crippen molar-refractivity contribution in [3.05, 3.63) is 65.7 Å². The van der Waals surface area contributed by atoms with Crippen molar-refractivity contribution < 1.29 is 9.59 Å². The molecule has 0 aliphatic carbocycles. The number of hydrogen-bond donors (Lipinski definition) is 2. The first-order valence-electron chi connectivity index (χ1n) is 6.79. The Morgan fingerprint density at radius 1 is 0.952 bits per heavy atom. The minimum Gasteiger partial charge on any atom is -0.341 e. The van der Waals surface area contributed by atoms with Crippen LogP contribution >= 0.6 is 0 Å². The third-order valence-corrected chi connectivity index (χ3v) is 3.10. The molecule has 4 nitrogen and oxygen atoms in total. The number of rotatable bonds is 4. The molecule has 0 fully saturated rings. The summed E-state index contributed by atoms with van der Waals surface area (Å²) in [5.41, 5.74) is 2.37. The second-order valence-electron chi connectivity index (χ2n) is 4.92. The van der Waals surface area contributed by atoms with E-state index in [9.17, 15) is 9.59 Å². The highest BCUT2D eigenvalue weighted by Gasteiger charge is 2.16. The number of carbonyl (C=O) groups excluding carboxylic acids is 2. The SMILES string of the molecule is Cc1ccc(NC(=O)[C@@H](C)NC(=O)c2ccccc2)cc1. The molecule has 0 bridgehead atoms. The Bertz CT molecular complexity index is 621. The summed E-state index contributed by atoms with van der Waals surface area (Å²) < 4.78 is 0. The van der Waals surface area contributed by atoms with Crippen molar-refractivity contribution in [2.75, 3.05) is 5.32 Å². The number of aryl methyl sites for hydroxylation is 1. The molecule has 2 amide bonds. The topological polar surface area (TPSA) is 58.2 Å². The zero-order valence-electron chi connectivity index (χ0n) is 12.1. The van der Waals surface area contributed by atoms with Crippen molar-refractivity contribution in [2.45, 2.75) is 19.9 Å². The Labute approximate surface area is 124 Å². The first-order valence-corrected chi connectivity index (χ1v) is 6.79. The summed E-state index contributed by atoms with van der Waals surface area (Å²) in [5, 5.41) is 5.45. The number of benzene rings is 2. The molecule has 2 N–H and O–H groups in total. The molecular formula is C17H18N2O2. The summed E-state index contributed by atoms with van der Waals surface area (Å²) in [5.74, 6) is -0.509. The molecule has 0 unspecified atom stereocenters. The highest BCUT2D eigenvalue weighted by Crippen LogP contribution is 2.09. The van der Waals surface area contributed by atoms with E-state index in [0.717, 1.165) is 5.56 Å². The van der Waals surface area contributed by atoms with Gasteiger partial charge in [-0.05, 0) is 38.1 Å². The van der Waals surface area contributed by atoms with E-state index in [1.165, 1.54) is 0 Å². The maximum Gasteiger partial charge on any atom is 0.251 e. The summed E-state index contributed by atoms with van der Waals surface area (Å²) in [6, 6.07) is 15.7. The van der Waals surface area contributed by atoms with E-state index in [2.05, 4.69) is 10.6 Å². The first kappa shape index (κ1) is 14.8. The lowest BCUT2D eigenvalue weighted by Crippen LogP contribution is -2.41. The second-order valence-corrected chi connectivity index (χ2v) is 4.92. The molecule has 0 spiro atoms. The van der Waals surface area contributed by atoms with Gasteiger partial charge in [0.2, 0.25) is 5.91 Å². The quantitative estimate of drug-likeness (QED) is 0.906. The van der Waals surface area contributed by atoms with Gasteiger partial charge in [-0.25, -0.2) is 0 Å². The molecule has 0 saturated heterocycles. The van der Waals surface area contributed by atoms with E-state index >= 15 is 0 Å². The van der Waals surface area contributed by atoms with E-state index in [0.29, 0.717) is 11.3 Å². The molecule has 2 aromatic carbocycles. The van der Waals surface area contributed by atoms with Gasteiger partial charge in [0.15, 0.2) is 0 Å². The number of hydrogen-bond acceptors (Lipinski definition) is 2. The highest BCUT2D eigenvalue weighted by atomic mass is 16.2. The molecule has 2 rings (SSSR count). The van der Waals surface area contributed by atoms with Crippen molar-refractivity contribution >= 4 is 17.5 Å². The molecule has 1 atom stereocenters. The average molecular weight is 282 g/mol. The van der Waals surface area contributed by atoms with Crippen LogP contribution in [0.3, 0.4) is 0 Å². The Kier molecular flexibility index (Phi) is 4.72. The average Bonchev–Trinajstić information content (AvgIpc) is 2.50. The lowest BCUT2D eigenvalue weighted by atomic mass is 10.2. The van der Waals surface area contributed by atoms with Crippen LogP contribution in [0.5, 0.6) is 0 Å². The minimum absolute atomic E-state index is 0.247. The van der Waals surface area contributed by atoms with Crippen molar-refractivity contribution in [3.63, 3.8) is 0 Å². The maximum atomic E-state index is 12.0. The summed E-state index contributed by atoms with van der Waals surface area (Å²) in [6.45, 7) is 3.64. The summed E-state index contributed by atoms with van der Waals surface area (Å²) >= 11 is 0. The molecule has 0 aromatic heterocycles. The number of carbonyl (C=O) groups is 2. The van der Waals surface area contributed by atoms with Crippen LogP contribution in [0.15, 0.2) is 54.6 Å². The zero-order valence-corrected chi connectivity index (χ0v) is 12.1. The van der Waals surface area contributed by atoms with Crippen LogP contribution < -0.4 is 10.6 Å². The molecular weight excluding hydrogens is 264 g/mol. The number of nitrogens with one attached hydrogen (secondary N) is 2. The molecule has 0 radical (unpaired) electrons. The largest absolute Gasteiger partial charge is 0.341 e. The molecule has 21 heavy (non-hydrogen) atoms. The standard InChI is InChI=1S/C17H18N2O2/c1-12-8-10-15(11-9-12)19-16(20)13(2)18-17(21)14-6-4-3-5-7-14/h3-11,13H,1-2H3,(H,18,21)(H,19,20)/t13-/m1/s1. The summed E-state index contributed by atoms with van der Waals surface area (Å²) in [7, 11) is 0. The number of amides is 2. The zero-order chi connectivity index (χ0) is 15.2. The normalized spacial score (nSPS) is 11.5. The van der Waals surface area contributed by atoms with Crippen LogP contribution in [0.2, 0.25) is 0 Å². The Morgan fingerprint density at radius 3 is 2.19 bits per heavy atom. The van der Waals surface area contributed by atoms with Crippen molar-refractivity contribution in [3.8, 4) is 0 Å². The van der Waals surface area contributed by atoms with E-state index in [1.807, 2.05) is 37.3 Å². The van der Waals surface area contributed by atoms with Gasteiger partial charge in [-0.15, -0.1) is 0 Å². The molecule has 2 aromatic rings. The first-order chi connectivity index (χ1) is 10.1. The molecule has 0 aliphatic rings. The van der Waals surface area contributed by atoms with Gasteiger partial charge < -0.3 is 10.6 Å². The predicted octanol–water partition coefficient (Wildman–Crippen LogP) is 2.75. The Morgan fingerprint density at radius 2 is 1.57 bits per heavy atom. The van der Waals surface area contributed by atoms with Crippen LogP contribution in [-0.2, 0) is 4.79 Å². The minimum atomic E-state index is -0.612. The van der Waals surface area contributed by atoms with Crippen LogP contribution in [0.1, 0.15) is 22.8 Å². The van der Waals surface area contributed by atoms with Crippen LogP contribution in [0, 0.1) is 6.92 Å². The lowest BCUT2D eigenvalue weighted by molar-refractivity contribution is -0.117. The highest BCUT2D eigenvalue weighted by molar-refractivity contribution is 6.00. The van der Waals surface area contributed by atoms with Crippen molar-refractivity contribution in [2.24, 2.45) is 0 Å². The fraction of sp³-hybridized carbons (Fsp3) is 0.176. The van der Waals surface area contributed by atoms with E-state index in [1.54, 1.807) is 31.2 Å². The Balaban J connectivity index is 1.93. The van der Waals surface area contributed by atoms with Gasteiger partial charge in [0.05, 0.1) is 0 Å². The van der Waals surface area contributed by atoms with Gasteiger partial charge in [-0.3, -0.25) is 9.59 Å². The smallest absolute Gasteiger partial charge is 0.251 e. The van der Waals surface area contributed by atoms with E-state index < -0.39 is 6.04 Å². The van der Waals surface area contributed by atoms with Crippen LogP contribution in [-0.4, -0.2) is 17.9 Å². The molecule has 0 heterocycles. The Hall–Kier alpha value is -2.62. The van der Waals surface area contributed by atoms with Crippen molar-refractivity contribution in [1.82, 2.24) is 5.32 Å². The van der Waals surface area contributed by atoms with Crippen molar-refractivity contribution in [1.29, 1.82) is 0 Å². The van der Waals surface area contributed by atoms with Gasteiger partial charge >= 0.3 is 0 Å². The van der Waals surface area contributed by atoms with Gasteiger partial charge in [-0.1, -0.05) is 35.9 Å². The third-order valence-electron chi connectivity index (χ3n) is 3.10. The monoisotopic (exact) mass is 282 g/mol. The van der Waals surface area contributed by atoms with E-state index in [4.69, 9.17) is 0 Å². The fourth-order valence-corrected chi connectivity index (χ4v) is 1.82. The molecule has 108 valence electrons. The van der Waals surface area contributed by atoms with Crippen LogP contribution in [0.25, 0.3) is 0 Å². The summed E-state index contributed by atoms with van der Waals surface area (Å²) in [4.78, 5) is 24.0. The number of anilines is 1. The fourth-order valence-electron chi connectivity index (χ4n) is 1.82. The van der Waals surface area contributed by atoms with Gasteiger partial charge in [0.25, 0.3) is 5.91 Å². The van der Waals surface area contributed by atoms with Crippen LogP contribution in [0.4, 0.5) is 5.69 Å². The van der Waals surface area contributed by atoms with E-state index in [-0.39, 0.29) is 11.8 Å². The molecule has 0 aliphatic heterocycles. The lowest BCUT2D eigenvalue weighted by Gasteiger charge is -2.14. The van der Waals surface area contributed by atoms with Gasteiger partial charge in [0, 0.05) is 11.3 Å². The second kappa shape index (κ2) is 6.70.